The SMILES string of the molecule is CCC1CC(C)CCN1c1ccc([N+](=O)[O-])c(C(=O)O)c1. The largest absolute Gasteiger partial charge is 0.477 e. The van der Waals surface area contributed by atoms with Gasteiger partial charge in [-0.05, 0) is 37.3 Å². The van der Waals surface area contributed by atoms with Crippen molar-refractivity contribution in [1.82, 2.24) is 0 Å². The molecule has 0 saturated carbocycles. The molecule has 1 heterocycles. The van der Waals surface area contributed by atoms with Gasteiger partial charge in [-0.1, -0.05) is 13.8 Å². The molecule has 0 aromatic heterocycles. The number of hydrogen-bond acceptors (Lipinski definition) is 4. The van der Waals surface area contributed by atoms with Crippen molar-refractivity contribution in [2.24, 2.45) is 5.92 Å². The second-order valence-electron chi connectivity index (χ2n) is 5.65. The minimum atomic E-state index is -1.26. The van der Waals surface area contributed by atoms with Crippen LogP contribution in [0, 0.1) is 16.0 Å². The van der Waals surface area contributed by atoms with Crippen LogP contribution >= 0.6 is 0 Å². The van der Waals surface area contributed by atoms with Crippen molar-refractivity contribution in [3.05, 3.63) is 33.9 Å². The van der Waals surface area contributed by atoms with Crippen LogP contribution in [0.3, 0.4) is 0 Å². The average molecular weight is 292 g/mol. The van der Waals surface area contributed by atoms with E-state index in [0.29, 0.717) is 12.0 Å². The quantitative estimate of drug-likeness (QED) is 0.680. The summed E-state index contributed by atoms with van der Waals surface area (Å²) in [7, 11) is 0. The summed E-state index contributed by atoms with van der Waals surface area (Å²) in [4.78, 5) is 23.7. The number of nitro benzene ring substituents is 1. The minimum absolute atomic E-state index is 0.244. The van der Waals surface area contributed by atoms with Crippen molar-refractivity contribution in [1.29, 1.82) is 0 Å². The van der Waals surface area contributed by atoms with Crippen molar-refractivity contribution in [2.75, 3.05) is 11.4 Å². The molecule has 1 aromatic rings. The smallest absolute Gasteiger partial charge is 0.342 e. The average Bonchev–Trinajstić information content (AvgIpc) is 2.46. The van der Waals surface area contributed by atoms with Crippen LogP contribution in [0.4, 0.5) is 11.4 Å². The number of anilines is 1. The fourth-order valence-electron chi connectivity index (χ4n) is 3.01. The molecule has 1 saturated heterocycles. The highest BCUT2D eigenvalue weighted by molar-refractivity contribution is 5.93. The predicted molar refractivity (Wildman–Crippen MR) is 79.9 cm³/mol. The Bertz CT molecular complexity index is 559. The summed E-state index contributed by atoms with van der Waals surface area (Å²) in [6, 6.07) is 4.74. The lowest BCUT2D eigenvalue weighted by molar-refractivity contribution is -0.385. The lowest BCUT2D eigenvalue weighted by Crippen LogP contribution is -2.41. The van der Waals surface area contributed by atoms with Gasteiger partial charge in [-0.25, -0.2) is 4.79 Å². The highest BCUT2D eigenvalue weighted by Gasteiger charge is 2.27. The van der Waals surface area contributed by atoms with Gasteiger partial charge >= 0.3 is 5.97 Å². The maximum absolute atomic E-state index is 11.2. The summed E-state index contributed by atoms with van der Waals surface area (Å²) in [5.74, 6) is -0.606. The number of nitrogens with zero attached hydrogens (tertiary/aromatic N) is 2. The summed E-state index contributed by atoms with van der Waals surface area (Å²) in [6.45, 7) is 5.19. The van der Waals surface area contributed by atoms with Gasteiger partial charge in [-0.2, -0.15) is 0 Å². The van der Waals surface area contributed by atoms with Gasteiger partial charge in [0.15, 0.2) is 0 Å². The molecule has 0 bridgehead atoms. The van der Waals surface area contributed by atoms with E-state index in [-0.39, 0.29) is 11.3 Å². The second-order valence-corrected chi connectivity index (χ2v) is 5.65. The monoisotopic (exact) mass is 292 g/mol. The van der Waals surface area contributed by atoms with Crippen LogP contribution in [0.2, 0.25) is 0 Å². The van der Waals surface area contributed by atoms with Gasteiger partial charge in [0.1, 0.15) is 5.56 Å². The molecule has 1 fully saturated rings. The first-order chi connectivity index (χ1) is 9.93. The molecule has 1 N–H and O–H groups in total. The van der Waals surface area contributed by atoms with Crippen LogP contribution in [-0.4, -0.2) is 28.6 Å². The molecular weight excluding hydrogens is 272 g/mol. The Hall–Kier alpha value is -2.11. The highest BCUT2D eigenvalue weighted by Crippen LogP contribution is 2.32. The van der Waals surface area contributed by atoms with Crippen molar-refractivity contribution in [3.63, 3.8) is 0 Å². The summed E-state index contributed by atoms with van der Waals surface area (Å²) >= 11 is 0. The number of piperidine rings is 1. The molecule has 0 amide bonds. The number of nitro groups is 1. The zero-order valence-electron chi connectivity index (χ0n) is 12.3. The lowest BCUT2D eigenvalue weighted by Gasteiger charge is -2.40. The molecular formula is C15H20N2O4. The number of carbonyl (C=O) groups is 1. The maximum Gasteiger partial charge on any atom is 0.342 e. The molecule has 6 heteroatoms. The minimum Gasteiger partial charge on any atom is -0.477 e. The van der Waals surface area contributed by atoms with E-state index >= 15 is 0 Å². The third-order valence-electron chi connectivity index (χ3n) is 4.19. The van der Waals surface area contributed by atoms with E-state index in [1.165, 1.54) is 12.1 Å². The van der Waals surface area contributed by atoms with Crippen LogP contribution < -0.4 is 4.90 Å². The van der Waals surface area contributed by atoms with E-state index in [0.717, 1.165) is 31.5 Å². The summed E-state index contributed by atoms with van der Waals surface area (Å²) in [5.41, 5.74) is 0.160. The van der Waals surface area contributed by atoms with Crippen LogP contribution in [-0.2, 0) is 0 Å². The zero-order chi connectivity index (χ0) is 15.6. The van der Waals surface area contributed by atoms with Crippen LogP contribution in [0.1, 0.15) is 43.5 Å². The number of benzene rings is 1. The normalized spacial score (nSPS) is 22.1. The Balaban J connectivity index is 2.38. The molecule has 2 rings (SSSR count). The van der Waals surface area contributed by atoms with E-state index in [9.17, 15) is 20.0 Å². The molecule has 21 heavy (non-hydrogen) atoms. The topological polar surface area (TPSA) is 83.7 Å². The molecule has 1 aliphatic rings. The summed E-state index contributed by atoms with van der Waals surface area (Å²) < 4.78 is 0. The fraction of sp³-hybridized carbons (Fsp3) is 0.533. The third kappa shape index (κ3) is 3.15. The lowest BCUT2D eigenvalue weighted by atomic mass is 9.90. The predicted octanol–water partition coefficient (Wildman–Crippen LogP) is 3.31. The molecule has 1 aromatic carbocycles. The van der Waals surface area contributed by atoms with Crippen molar-refractivity contribution >= 4 is 17.3 Å². The van der Waals surface area contributed by atoms with E-state index in [2.05, 4.69) is 18.7 Å². The number of rotatable bonds is 4. The van der Waals surface area contributed by atoms with E-state index in [1.807, 2.05) is 0 Å². The number of carboxylic acids is 1. The molecule has 1 aliphatic heterocycles. The first-order valence-corrected chi connectivity index (χ1v) is 7.22. The fourth-order valence-corrected chi connectivity index (χ4v) is 3.01. The van der Waals surface area contributed by atoms with Gasteiger partial charge in [-0.15, -0.1) is 0 Å². The molecule has 6 nitrogen and oxygen atoms in total. The number of hydrogen-bond donors (Lipinski definition) is 1. The Morgan fingerprint density at radius 1 is 1.52 bits per heavy atom. The Kier molecular flexibility index (Phi) is 4.45. The van der Waals surface area contributed by atoms with Crippen LogP contribution in [0.25, 0.3) is 0 Å². The first-order valence-electron chi connectivity index (χ1n) is 7.22. The summed E-state index contributed by atoms with van der Waals surface area (Å²) in [6.07, 6.45) is 3.09. The van der Waals surface area contributed by atoms with E-state index in [1.54, 1.807) is 6.07 Å². The van der Waals surface area contributed by atoms with Gasteiger partial charge in [0.25, 0.3) is 5.69 Å². The molecule has 2 unspecified atom stereocenters. The molecule has 0 aliphatic carbocycles. The summed E-state index contributed by atoms with van der Waals surface area (Å²) in [5, 5.41) is 20.1. The first kappa shape index (κ1) is 15.3. The standard InChI is InChI=1S/C15H20N2O4/c1-3-11-8-10(2)6-7-16(11)12-4-5-14(17(20)21)13(9-12)15(18)19/h4-5,9-11H,3,6-8H2,1-2H3,(H,18,19). The van der Waals surface area contributed by atoms with E-state index < -0.39 is 10.9 Å². The van der Waals surface area contributed by atoms with Crippen LogP contribution in [0.5, 0.6) is 0 Å². The van der Waals surface area contributed by atoms with Gasteiger partial charge in [-0.3, -0.25) is 10.1 Å². The number of aromatic carboxylic acids is 1. The second kappa shape index (κ2) is 6.11. The maximum atomic E-state index is 11.2. The van der Waals surface area contributed by atoms with Crippen molar-refractivity contribution in [3.8, 4) is 0 Å². The highest BCUT2D eigenvalue weighted by atomic mass is 16.6. The third-order valence-corrected chi connectivity index (χ3v) is 4.19. The van der Waals surface area contributed by atoms with Crippen molar-refractivity contribution in [2.45, 2.75) is 39.2 Å². The van der Waals surface area contributed by atoms with Crippen molar-refractivity contribution < 1.29 is 14.8 Å². The molecule has 2 atom stereocenters. The van der Waals surface area contributed by atoms with Gasteiger partial charge in [0, 0.05) is 24.3 Å². The Labute approximate surface area is 123 Å². The Morgan fingerprint density at radius 3 is 2.81 bits per heavy atom. The van der Waals surface area contributed by atoms with Gasteiger partial charge in [0.2, 0.25) is 0 Å². The zero-order valence-corrected chi connectivity index (χ0v) is 12.3. The molecule has 114 valence electrons. The Morgan fingerprint density at radius 2 is 2.24 bits per heavy atom. The molecule has 0 spiro atoms. The van der Waals surface area contributed by atoms with Gasteiger partial charge < -0.3 is 10.0 Å². The van der Waals surface area contributed by atoms with E-state index in [4.69, 9.17) is 0 Å². The number of carboxylic acid groups (broad SMARTS) is 1. The molecule has 0 radical (unpaired) electrons. The van der Waals surface area contributed by atoms with Crippen LogP contribution in [0.15, 0.2) is 18.2 Å². The van der Waals surface area contributed by atoms with Gasteiger partial charge in [0.05, 0.1) is 4.92 Å².